The van der Waals surface area contributed by atoms with Crippen molar-refractivity contribution in [2.45, 2.75) is 11.8 Å². The van der Waals surface area contributed by atoms with E-state index in [9.17, 15) is 0 Å². The fourth-order valence-electron chi connectivity index (χ4n) is 1.61. The molecule has 2 nitrogen and oxygen atoms in total. The van der Waals surface area contributed by atoms with Crippen molar-refractivity contribution in [3.05, 3.63) is 48.2 Å². The van der Waals surface area contributed by atoms with Crippen LogP contribution < -0.4 is 10.1 Å². The third kappa shape index (κ3) is 4.39. The Morgan fingerprint density at radius 3 is 2.74 bits per heavy atom. The van der Waals surface area contributed by atoms with Gasteiger partial charge in [-0.25, -0.2) is 6.08 Å². The molecule has 1 atom stereocenters. The van der Waals surface area contributed by atoms with Crippen LogP contribution in [0.5, 0.6) is 5.75 Å². The molecule has 0 spiro atoms. The molecule has 1 aromatic carbocycles. The summed E-state index contributed by atoms with van der Waals surface area (Å²) in [5, 5.41) is 3.06. The summed E-state index contributed by atoms with van der Waals surface area (Å²) in [7, 11) is 0. The van der Waals surface area contributed by atoms with Gasteiger partial charge in [0, 0.05) is 38.4 Å². The van der Waals surface area contributed by atoms with Crippen LogP contribution in [0.4, 0.5) is 0 Å². The van der Waals surface area contributed by atoms with Gasteiger partial charge in [0.25, 0.3) is 0 Å². The molecule has 0 bridgehead atoms. The van der Waals surface area contributed by atoms with Gasteiger partial charge in [-0.3, -0.25) is 0 Å². The number of rotatable bonds is 3. The maximum absolute atomic E-state index is 6.03. The number of alkyl halides is 1. The summed E-state index contributed by atoms with van der Waals surface area (Å²) in [6, 6.07) is 7.64. The molecule has 1 unspecified atom stereocenters. The van der Waals surface area contributed by atoms with Crippen molar-refractivity contribution in [1.29, 1.82) is 0 Å². The van der Waals surface area contributed by atoms with Crippen LogP contribution in [0, 0.1) is 18.4 Å². The maximum atomic E-state index is 6.03. The Kier molecular flexibility index (Phi) is 6.65. The van der Waals surface area contributed by atoms with Gasteiger partial charge in [-0.2, -0.15) is 5.56 Å². The van der Waals surface area contributed by atoms with E-state index in [1.165, 1.54) is 0 Å². The second kappa shape index (κ2) is 7.75. The molecule has 0 fully saturated rings. The monoisotopic (exact) mass is 347 g/mol. The molecule has 0 saturated heterocycles. The van der Waals surface area contributed by atoms with Crippen molar-refractivity contribution in [1.82, 2.24) is 5.32 Å². The van der Waals surface area contributed by atoms with Crippen LogP contribution in [0.15, 0.2) is 36.5 Å². The third-order valence-corrected chi connectivity index (χ3v) is 3.00. The van der Waals surface area contributed by atoms with E-state index in [-0.39, 0.29) is 44.7 Å². The van der Waals surface area contributed by atoms with E-state index in [1.54, 1.807) is 0 Å². The molecule has 1 heterocycles. The molecule has 1 aliphatic rings. The Bertz CT molecular complexity index is 516. The first-order valence-corrected chi connectivity index (χ1v) is 6.02. The minimum atomic E-state index is -0.0908. The topological polar surface area (TPSA) is 21.3 Å². The summed E-state index contributed by atoms with van der Waals surface area (Å²) in [6.45, 7) is 4.15. The van der Waals surface area contributed by atoms with E-state index in [0.29, 0.717) is 6.42 Å². The van der Waals surface area contributed by atoms with Crippen LogP contribution in [0.1, 0.15) is 12.0 Å². The molecule has 95 valence electrons. The zero-order valence-corrected chi connectivity index (χ0v) is 14.0. The summed E-state index contributed by atoms with van der Waals surface area (Å²) in [6.07, 6.45) is 9.01. The molecule has 1 aliphatic heterocycles. The van der Waals surface area contributed by atoms with Gasteiger partial charge in [0.1, 0.15) is 12.4 Å². The van der Waals surface area contributed by atoms with Gasteiger partial charge in [-0.15, -0.1) is 35.9 Å². The van der Waals surface area contributed by atoms with Gasteiger partial charge in [-0.05, 0) is 12.1 Å². The standard InChI is InChI=1S/C15H13ClNO.Y/c1-3-10-18-13-6-4-12(5-7-13)15-9-8-14(16)11(2)17-15;/h1,4-7,14,17H,2,8,10H2;/q-1;. The average Bonchev–Trinajstić information content (AvgIpc) is 2.40. The summed E-state index contributed by atoms with van der Waals surface area (Å²) >= 11 is 6.03. The molecule has 1 radical (unpaired) electrons. The second-order valence-electron chi connectivity index (χ2n) is 3.89. The Labute approximate surface area is 144 Å². The van der Waals surface area contributed by atoms with E-state index in [4.69, 9.17) is 22.8 Å². The molecular formula is C15H13ClNOY-. The van der Waals surface area contributed by atoms with Crippen LogP contribution in [-0.4, -0.2) is 12.0 Å². The van der Waals surface area contributed by atoms with Gasteiger partial charge in [-0.1, -0.05) is 18.9 Å². The first-order valence-electron chi connectivity index (χ1n) is 5.58. The van der Waals surface area contributed by atoms with E-state index < -0.39 is 0 Å². The minimum Gasteiger partial charge on any atom is -0.481 e. The number of benzene rings is 1. The normalized spacial score (nSPS) is 17.6. The van der Waals surface area contributed by atoms with Crippen molar-refractivity contribution in [3.63, 3.8) is 0 Å². The third-order valence-electron chi connectivity index (χ3n) is 2.59. The smallest absolute Gasteiger partial charge is 0.148 e. The molecule has 2 rings (SSSR count). The zero-order chi connectivity index (χ0) is 13.0. The minimum absolute atomic E-state index is 0. The van der Waals surface area contributed by atoms with E-state index in [0.717, 1.165) is 22.7 Å². The van der Waals surface area contributed by atoms with Crippen molar-refractivity contribution in [2.24, 2.45) is 0 Å². The Hall–Kier alpha value is -0.746. The number of allylic oxidation sites excluding steroid dienone is 2. The zero-order valence-electron chi connectivity index (χ0n) is 10.4. The molecule has 0 amide bonds. The quantitative estimate of drug-likeness (QED) is 0.516. The van der Waals surface area contributed by atoms with Gasteiger partial charge in [0.2, 0.25) is 0 Å². The van der Waals surface area contributed by atoms with Crippen molar-refractivity contribution >= 4 is 17.3 Å². The van der Waals surface area contributed by atoms with Crippen molar-refractivity contribution in [3.8, 4) is 18.1 Å². The predicted molar refractivity (Wildman–Crippen MR) is 74.0 cm³/mol. The number of terminal acetylenes is 1. The summed E-state index contributed by atoms with van der Waals surface area (Å²) in [5.41, 5.74) is 2.73. The van der Waals surface area contributed by atoms with Gasteiger partial charge < -0.3 is 10.1 Å². The summed E-state index contributed by atoms with van der Waals surface area (Å²) in [4.78, 5) is 0. The number of hydrogen-bond acceptors (Lipinski definition) is 2. The van der Waals surface area contributed by atoms with Crippen LogP contribution in [0.2, 0.25) is 0 Å². The number of nitrogens with one attached hydrogen (secondary N) is 1. The molecule has 0 aromatic heterocycles. The van der Waals surface area contributed by atoms with E-state index in [1.807, 2.05) is 24.3 Å². The summed E-state index contributed by atoms with van der Waals surface area (Å²) < 4.78 is 5.31. The van der Waals surface area contributed by atoms with Gasteiger partial charge in [0.15, 0.2) is 0 Å². The molecule has 19 heavy (non-hydrogen) atoms. The van der Waals surface area contributed by atoms with Crippen LogP contribution in [0.3, 0.4) is 0 Å². The SMILES string of the molecule is C#CCOc1ccc(C2=[C-]CC(Cl)C(=C)N2)cc1.[Y]. The number of hydrogen-bond donors (Lipinski definition) is 1. The molecule has 4 heteroatoms. The Morgan fingerprint density at radius 1 is 1.47 bits per heavy atom. The average molecular weight is 348 g/mol. The largest absolute Gasteiger partial charge is 0.481 e. The molecule has 0 saturated carbocycles. The maximum Gasteiger partial charge on any atom is 0.148 e. The first-order chi connectivity index (χ1) is 8.70. The predicted octanol–water partition coefficient (Wildman–Crippen LogP) is 2.95. The van der Waals surface area contributed by atoms with Crippen LogP contribution in [0.25, 0.3) is 5.70 Å². The Morgan fingerprint density at radius 2 is 2.16 bits per heavy atom. The van der Waals surface area contributed by atoms with Gasteiger partial charge >= 0.3 is 0 Å². The number of halogens is 1. The summed E-state index contributed by atoms with van der Waals surface area (Å²) in [5.74, 6) is 3.18. The van der Waals surface area contributed by atoms with Crippen LogP contribution in [-0.2, 0) is 32.7 Å². The molecule has 1 N–H and O–H groups in total. The van der Waals surface area contributed by atoms with E-state index >= 15 is 0 Å². The Balaban J connectivity index is 0.00000180. The fourth-order valence-corrected chi connectivity index (χ4v) is 1.75. The van der Waals surface area contributed by atoms with E-state index in [2.05, 4.69) is 23.9 Å². The van der Waals surface area contributed by atoms with Crippen molar-refractivity contribution < 1.29 is 37.4 Å². The van der Waals surface area contributed by atoms with Crippen molar-refractivity contribution in [2.75, 3.05) is 6.61 Å². The second-order valence-corrected chi connectivity index (χ2v) is 4.42. The van der Waals surface area contributed by atoms with Gasteiger partial charge in [0.05, 0.1) is 5.38 Å². The molecule has 0 aliphatic carbocycles. The van der Waals surface area contributed by atoms with Crippen LogP contribution >= 0.6 is 11.6 Å². The molecule has 1 aromatic rings. The first kappa shape index (κ1) is 16.3. The fraction of sp³-hybridized carbons (Fsp3) is 0.200. The number of ether oxygens (including phenoxy) is 1. The molecular weight excluding hydrogens is 335 g/mol.